The van der Waals surface area contributed by atoms with E-state index in [0.717, 1.165) is 114 Å². The highest BCUT2D eigenvalue weighted by molar-refractivity contribution is 7.47. The fourth-order valence-corrected chi connectivity index (χ4v) is 12.9. The van der Waals surface area contributed by atoms with Gasteiger partial charge in [-0.05, 0) is 49.4 Å². The van der Waals surface area contributed by atoms with E-state index in [2.05, 4.69) is 55.4 Å². The van der Waals surface area contributed by atoms with Crippen LogP contribution in [0.15, 0.2) is 0 Å². The maximum atomic E-state index is 13.1. The number of hydrogen-bond donors (Lipinski definition) is 3. The van der Waals surface area contributed by atoms with E-state index in [4.69, 9.17) is 37.0 Å². The van der Waals surface area contributed by atoms with E-state index in [-0.39, 0.29) is 25.7 Å². The van der Waals surface area contributed by atoms with E-state index in [1.54, 1.807) is 0 Å². The van der Waals surface area contributed by atoms with Crippen LogP contribution >= 0.6 is 15.6 Å². The number of unbranched alkanes of at least 4 members (excludes halogenated alkanes) is 36. The highest BCUT2D eigenvalue weighted by Gasteiger charge is 2.30. The number of aliphatic hydroxyl groups excluding tert-OH is 1. The number of rotatable bonds is 72. The third-order valence-electron chi connectivity index (χ3n) is 18.0. The number of carbonyl (C=O) groups excluding carboxylic acids is 4. The van der Waals surface area contributed by atoms with Crippen molar-refractivity contribution in [1.29, 1.82) is 0 Å². The van der Waals surface area contributed by atoms with Crippen LogP contribution in [0.25, 0.3) is 0 Å². The number of phosphoric ester groups is 2. The second kappa shape index (κ2) is 64.4. The fraction of sp³-hybridized carbons (Fsp3) is 0.947. The topological polar surface area (TPSA) is 237 Å². The van der Waals surface area contributed by atoms with Crippen molar-refractivity contribution in [3.8, 4) is 0 Å². The summed E-state index contributed by atoms with van der Waals surface area (Å²) in [6.45, 7) is 14.1. The molecular formula is C75H146O17P2. The van der Waals surface area contributed by atoms with E-state index in [9.17, 15) is 43.2 Å². The molecule has 0 spiro atoms. The van der Waals surface area contributed by atoms with Gasteiger partial charge in [0, 0.05) is 25.7 Å². The second-order valence-corrected chi connectivity index (χ2v) is 31.4. The molecule has 558 valence electrons. The maximum absolute atomic E-state index is 13.1. The quantitative estimate of drug-likeness (QED) is 0.0222. The van der Waals surface area contributed by atoms with Crippen LogP contribution in [0.2, 0.25) is 0 Å². The highest BCUT2D eigenvalue weighted by Crippen LogP contribution is 2.45. The Morgan fingerprint density at radius 1 is 0.298 bits per heavy atom. The summed E-state index contributed by atoms with van der Waals surface area (Å²) in [5, 5.41) is 10.6. The summed E-state index contributed by atoms with van der Waals surface area (Å²) in [6, 6.07) is 0. The van der Waals surface area contributed by atoms with Gasteiger partial charge < -0.3 is 33.8 Å². The van der Waals surface area contributed by atoms with E-state index in [0.29, 0.717) is 25.7 Å². The van der Waals surface area contributed by atoms with E-state index in [1.807, 2.05) is 0 Å². The average molecular weight is 1380 g/mol. The monoisotopic (exact) mass is 1380 g/mol. The SMILES string of the molecule is CCC(C)CCCCCCCCCCCCCCCCCCCCC(=O)OC[C@H](COP(=O)(O)OCC(O)COP(=O)(O)OC[C@@H](COC(=O)CCCCCCCCCCC(C)C)OC(=O)CCCCCCCCC(C)CC)OC(=O)CCCCCCCCCCC(C)C. The summed E-state index contributed by atoms with van der Waals surface area (Å²) in [4.78, 5) is 72.6. The zero-order chi connectivity index (χ0) is 69.6. The number of phosphoric acid groups is 2. The zero-order valence-corrected chi connectivity index (χ0v) is 63.4. The molecule has 19 heteroatoms. The molecule has 0 aliphatic heterocycles. The Labute approximate surface area is 575 Å². The van der Waals surface area contributed by atoms with Crippen LogP contribution in [-0.4, -0.2) is 96.7 Å². The van der Waals surface area contributed by atoms with Gasteiger partial charge in [-0.15, -0.1) is 0 Å². The summed E-state index contributed by atoms with van der Waals surface area (Å²) < 4.78 is 68.4. The van der Waals surface area contributed by atoms with Crippen LogP contribution in [0.3, 0.4) is 0 Å². The highest BCUT2D eigenvalue weighted by atomic mass is 31.2. The van der Waals surface area contributed by atoms with Gasteiger partial charge in [-0.25, -0.2) is 9.13 Å². The minimum atomic E-state index is -4.96. The van der Waals surface area contributed by atoms with Crippen LogP contribution in [0.1, 0.15) is 376 Å². The summed E-state index contributed by atoms with van der Waals surface area (Å²) >= 11 is 0. The number of hydrogen-bond acceptors (Lipinski definition) is 15. The normalized spacial score (nSPS) is 14.7. The molecule has 0 heterocycles. The van der Waals surface area contributed by atoms with Gasteiger partial charge in [0.2, 0.25) is 0 Å². The number of ether oxygens (including phenoxy) is 4. The molecule has 0 aliphatic rings. The van der Waals surface area contributed by atoms with E-state index >= 15 is 0 Å². The molecule has 0 amide bonds. The summed E-state index contributed by atoms with van der Waals surface area (Å²) in [5.41, 5.74) is 0. The molecule has 0 aliphatic carbocycles. The molecule has 0 aromatic carbocycles. The second-order valence-electron chi connectivity index (χ2n) is 28.5. The summed E-state index contributed by atoms with van der Waals surface area (Å²) in [5.74, 6) is 0.909. The van der Waals surface area contributed by atoms with E-state index < -0.39 is 97.5 Å². The van der Waals surface area contributed by atoms with Crippen molar-refractivity contribution in [3.05, 3.63) is 0 Å². The fourth-order valence-electron chi connectivity index (χ4n) is 11.3. The Morgan fingerprint density at radius 2 is 0.511 bits per heavy atom. The molecule has 0 aromatic heterocycles. The molecule has 5 unspecified atom stereocenters. The summed E-state index contributed by atoms with van der Waals surface area (Å²) in [7, 11) is -9.91. The smallest absolute Gasteiger partial charge is 0.462 e. The lowest BCUT2D eigenvalue weighted by atomic mass is 9.99. The molecule has 0 radical (unpaired) electrons. The number of carbonyl (C=O) groups is 4. The van der Waals surface area contributed by atoms with Crippen molar-refractivity contribution in [2.75, 3.05) is 39.6 Å². The lowest BCUT2D eigenvalue weighted by molar-refractivity contribution is -0.161. The molecule has 94 heavy (non-hydrogen) atoms. The molecule has 0 aromatic rings. The van der Waals surface area contributed by atoms with Crippen molar-refractivity contribution in [2.45, 2.75) is 395 Å². The van der Waals surface area contributed by atoms with Gasteiger partial charge in [-0.3, -0.25) is 37.3 Å². The number of aliphatic hydroxyl groups is 1. The van der Waals surface area contributed by atoms with Gasteiger partial charge in [0.25, 0.3) is 0 Å². The van der Waals surface area contributed by atoms with Crippen molar-refractivity contribution < 1.29 is 80.2 Å². The Morgan fingerprint density at radius 3 is 0.755 bits per heavy atom. The van der Waals surface area contributed by atoms with E-state index in [1.165, 1.54) is 180 Å². The van der Waals surface area contributed by atoms with Gasteiger partial charge in [-0.1, -0.05) is 325 Å². The molecular weight excluding hydrogens is 1230 g/mol. The van der Waals surface area contributed by atoms with Gasteiger partial charge >= 0.3 is 39.5 Å². The first-order chi connectivity index (χ1) is 45.2. The Kier molecular flexibility index (Phi) is 63.1. The van der Waals surface area contributed by atoms with Crippen molar-refractivity contribution in [2.24, 2.45) is 23.7 Å². The van der Waals surface area contributed by atoms with Crippen molar-refractivity contribution >= 4 is 39.5 Å². The largest absolute Gasteiger partial charge is 0.472 e. The van der Waals surface area contributed by atoms with Crippen molar-refractivity contribution in [1.82, 2.24) is 0 Å². The lowest BCUT2D eigenvalue weighted by Crippen LogP contribution is -2.30. The molecule has 3 N–H and O–H groups in total. The van der Waals surface area contributed by atoms with Crippen LogP contribution in [0.4, 0.5) is 0 Å². The molecule has 7 atom stereocenters. The Balaban J connectivity index is 5.13. The molecule has 17 nitrogen and oxygen atoms in total. The van der Waals surface area contributed by atoms with Gasteiger partial charge in [0.1, 0.15) is 19.3 Å². The molecule has 0 fully saturated rings. The van der Waals surface area contributed by atoms with Gasteiger partial charge in [0.15, 0.2) is 12.2 Å². The Hall–Kier alpha value is -1.94. The number of esters is 4. The van der Waals surface area contributed by atoms with Crippen LogP contribution in [-0.2, 0) is 65.4 Å². The first-order valence-electron chi connectivity index (χ1n) is 38.8. The minimum absolute atomic E-state index is 0.102. The molecule has 0 saturated heterocycles. The molecule has 0 rings (SSSR count). The third kappa shape index (κ3) is 66.0. The standard InChI is InChI=1S/C75H146O17P2/c1-9-67(7)53-45-37-29-21-19-17-15-13-11-12-14-16-18-20-22-30-39-47-55-72(77)85-61-70(91-74(79)57-49-41-32-26-24-28-36-44-52-66(5)6)63-89-93(81,82)87-59-69(76)60-88-94(83,84)90-64-71(92-75(80)58-50-42-34-33-38-46-54-68(8)10-2)62-86-73(78)56-48-40-31-25-23-27-35-43-51-65(3)4/h65-71,76H,9-64H2,1-8H3,(H,81,82)(H,83,84)/t67?,68?,69?,70-,71-/m1/s1. The average Bonchev–Trinajstić information content (AvgIpc) is 1.58. The van der Waals surface area contributed by atoms with Crippen LogP contribution < -0.4 is 0 Å². The lowest BCUT2D eigenvalue weighted by Gasteiger charge is -2.21. The van der Waals surface area contributed by atoms with Crippen LogP contribution in [0, 0.1) is 23.7 Å². The Bertz CT molecular complexity index is 1850. The third-order valence-corrected chi connectivity index (χ3v) is 19.9. The zero-order valence-electron chi connectivity index (χ0n) is 61.6. The van der Waals surface area contributed by atoms with Crippen LogP contribution in [0.5, 0.6) is 0 Å². The predicted molar refractivity (Wildman–Crippen MR) is 381 cm³/mol. The minimum Gasteiger partial charge on any atom is -0.462 e. The van der Waals surface area contributed by atoms with Gasteiger partial charge in [-0.2, -0.15) is 0 Å². The van der Waals surface area contributed by atoms with Gasteiger partial charge in [0.05, 0.1) is 26.4 Å². The summed E-state index contributed by atoms with van der Waals surface area (Å²) in [6.07, 6.45) is 48.9. The molecule has 0 bridgehead atoms. The maximum Gasteiger partial charge on any atom is 0.472 e. The first kappa shape index (κ1) is 92.1. The molecule has 0 saturated carbocycles. The first-order valence-corrected chi connectivity index (χ1v) is 41.8. The predicted octanol–water partition coefficient (Wildman–Crippen LogP) is 21.7. The van der Waals surface area contributed by atoms with Crippen molar-refractivity contribution in [3.63, 3.8) is 0 Å².